The van der Waals surface area contributed by atoms with Crippen LogP contribution in [0.25, 0.3) is 0 Å². The number of aromatic carboxylic acids is 1. The minimum Gasteiger partial charge on any atom is -0.478 e. The molecule has 0 aromatic carbocycles. The van der Waals surface area contributed by atoms with Crippen LogP contribution in [0.3, 0.4) is 0 Å². The van der Waals surface area contributed by atoms with Crippen molar-refractivity contribution in [1.29, 1.82) is 0 Å². The minimum atomic E-state index is -0.973. The maximum atomic E-state index is 10.8. The fraction of sp³-hybridized carbons (Fsp3) is 0.583. The summed E-state index contributed by atoms with van der Waals surface area (Å²) in [5, 5.41) is 12.2. The summed E-state index contributed by atoms with van der Waals surface area (Å²) in [7, 11) is 0. The number of piperidine rings is 1. The molecule has 0 spiro atoms. The Morgan fingerprint density at radius 1 is 1.53 bits per heavy atom. The molecule has 5 nitrogen and oxygen atoms in total. The van der Waals surface area contributed by atoms with Gasteiger partial charge in [-0.1, -0.05) is 0 Å². The van der Waals surface area contributed by atoms with E-state index in [-0.39, 0.29) is 12.2 Å². The summed E-state index contributed by atoms with van der Waals surface area (Å²) in [5.74, 6) is -0.00913. The van der Waals surface area contributed by atoms with Crippen molar-refractivity contribution >= 4 is 5.97 Å². The molecule has 2 rings (SSSR count). The zero-order valence-corrected chi connectivity index (χ0v) is 9.65. The van der Waals surface area contributed by atoms with Gasteiger partial charge in [-0.2, -0.15) is 0 Å². The Morgan fingerprint density at radius 3 is 3.00 bits per heavy atom. The molecule has 1 aliphatic heterocycles. The minimum absolute atomic E-state index is 0.190. The highest BCUT2D eigenvalue weighted by Gasteiger charge is 2.16. The molecular formula is C12H17NO4. The first-order valence-corrected chi connectivity index (χ1v) is 5.85. The molecule has 1 saturated heterocycles. The third-order valence-corrected chi connectivity index (χ3v) is 3.02. The molecule has 0 bridgehead atoms. The van der Waals surface area contributed by atoms with E-state index in [1.165, 1.54) is 12.3 Å². The van der Waals surface area contributed by atoms with Crippen LogP contribution in [0.2, 0.25) is 0 Å². The van der Waals surface area contributed by atoms with Gasteiger partial charge in [-0.25, -0.2) is 4.79 Å². The molecule has 0 unspecified atom stereocenters. The molecule has 94 valence electrons. The van der Waals surface area contributed by atoms with Crippen molar-refractivity contribution in [3.05, 3.63) is 23.7 Å². The molecule has 17 heavy (non-hydrogen) atoms. The Balaban J connectivity index is 1.77. The topological polar surface area (TPSA) is 71.7 Å². The number of rotatable bonds is 5. The van der Waals surface area contributed by atoms with Crippen molar-refractivity contribution in [2.24, 2.45) is 5.92 Å². The van der Waals surface area contributed by atoms with Gasteiger partial charge in [0.2, 0.25) is 0 Å². The Bertz CT molecular complexity index is 368. The monoisotopic (exact) mass is 239 g/mol. The summed E-state index contributed by atoms with van der Waals surface area (Å²) in [6.45, 7) is 2.98. The summed E-state index contributed by atoms with van der Waals surface area (Å²) in [4.78, 5) is 10.8. The van der Waals surface area contributed by atoms with Gasteiger partial charge in [0.25, 0.3) is 0 Å². The number of furan rings is 1. The summed E-state index contributed by atoms with van der Waals surface area (Å²) in [5.41, 5.74) is 0.190. The molecule has 2 heterocycles. The second-order valence-corrected chi connectivity index (χ2v) is 4.27. The third-order valence-electron chi connectivity index (χ3n) is 3.02. The van der Waals surface area contributed by atoms with Crippen LogP contribution in [0.15, 0.2) is 16.7 Å². The first-order chi connectivity index (χ1) is 8.27. The van der Waals surface area contributed by atoms with E-state index in [0.717, 1.165) is 25.9 Å². The number of carboxylic acid groups (broad SMARTS) is 1. The van der Waals surface area contributed by atoms with Crippen LogP contribution in [0.1, 0.15) is 29.0 Å². The number of carboxylic acids is 1. The van der Waals surface area contributed by atoms with E-state index < -0.39 is 5.97 Å². The molecule has 1 aliphatic rings. The molecule has 0 saturated carbocycles. The predicted octanol–water partition coefficient (Wildman–Crippen LogP) is 1.49. The second kappa shape index (κ2) is 5.84. The number of hydrogen-bond acceptors (Lipinski definition) is 4. The number of ether oxygens (including phenoxy) is 1. The fourth-order valence-corrected chi connectivity index (χ4v) is 2.01. The Kier molecular flexibility index (Phi) is 4.17. The Labute approximate surface area is 99.8 Å². The number of carbonyl (C=O) groups is 1. The first-order valence-electron chi connectivity index (χ1n) is 5.85. The predicted molar refractivity (Wildman–Crippen MR) is 60.9 cm³/mol. The van der Waals surface area contributed by atoms with Crippen molar-refractivity contribution in [3.63, 3.8) is 0 Å². The summed E-state index contributed by atoms with van der Waals surface area (Å²) >= 11 is 0. The SMILES string of the molecule is O=C(O)c1ccoc1COCC1CCNCC1. The maximum absolute atomic E-state index is 10.8. The summed E-state index contributed by atoms with van der Waals surface area (Å²) in [6, 6.07) is 1.45. The quantitative estimate of drug-likeness (QED) is 0.814. The van der Waals surface area contributed by atoms with E-state index in [0.29, 0.717) is 18.3 Å². The maximum Gasteiger partial charge on any atom is 0.339 e. The van der Waals surface area contributed by atoms with Crippen LogP contribution >= 0.6 is 0 Å². The molecule has 0 radical (unpaired) electrons. The third kappa shape index (κ3) is 3.31. The Hall–Kier alpha value is -1.33. The van der Waals surface area contributed by atoms with Gasteiger partial charge >= 0.3 is 5.97 Å². The standard InChI is InChI=1S/C12H17NO4/c14-12(15)10-3-6-17-11(10)8-16-7-9-1-4-13-5-2-9/h3,6,9,13H,1-2,4-5,7-8H2,(H,14,15). The molecule has 2 N–H and O–H groups in total. The Morgan fingerprint density at radius 2 is 2.29 bits per heavy atom. The lowest BCUT2D eigenvalue weighted by molar-refractivity contribution is 0.0604. The molecule has 0 aliphatic carbocycles. The van der Waals surface area contributed by atoms with Crippen molar-refractivity contribution < 1.29 is 19.1 Å². The average molecular weight is 239 g/mol. The van der Waals surface area contributed by atoms with Gasteiger partial charge in [0.1, 0.15) is 17.9 Å². The lowest BCUT2D eigenvalue weighted by Gasteiger charge is -2.22. The zero-order valence-electron chi connectivity index (χ0n) is 9.65. The van der Waals surface area contributed by atoms with Crippen molar-refractivity contribution in [3.8, 4) is 0 Å². The van der Waals surface area contributed by atoms with Gasteiger partial charge in [-0.05, 0) is 37.9 Å². The normalized spacial score (nSPS) is 17.2. The van der Waals surface area contributed by atoms with E-state index in [1.54, 1.807) is 0 Å². The van der Waals surface area contributed by atoms with Gasteiger partial charge in [0.15, 0.2) is 0 Å². The lowest BCUT2D eigenvalue weighted by atomic mass is 9.99. The average Bonchev–Trinajstić information content (AvgIpc) is 2.79. The summed E-state index contributed by atoms with van der Waals surface area (Å²) < 4.78 is 10.6. The van der Waals surface area contributed by atoms with E-state index in [2.05, 4.69) is 5.32 Å². The van der Waals surface area contributed by atoms with Crippen molar-refractivity contribution in [2.45, 2.75) is 19.4 Å². The van der Waals surface area contributed by atoms with Gasteiger partial charge in [-0.3, -0.25) is 0 Å². The van der Waals surface area contributed by atoms with Crippen LogP contribution < -0.4 is 5.32 Å². The zero-order chi connectivity index (χ0) is 12.1. The van der Waals surface area contributed by atoms with Crippen molar-refractivity contribution in [2.75, 3.05) is 19.7 Å². The highest BCUT2D eigenvalue weighted by molar-refractivity contribution is 5.88. The first kappa shape index (κ1) is 12.1. The number of hydrogen-bond donors (Lipinski definition) is 2. The van der Waals surface area contributed by atoms with Gasteiger partial charge in [0.05, 0.1) is 12.9 Å². The lowest BCUT2D eigenvalue weighted by Crippen LogP contribution is -2.29. The van der Waals surface area contributed by atoms with Crippen LogP contribution in [-0.2, 0) is 11.3 Å². The van der Waals surface area contributed by atoms with E-state index in [1.807, 2.05) is 0 Å². The van der Waals surface area contributed by atoms with Crippen LogP contribution in [-0.4, -0.2) is 30.8 Å². The molecular weight excluding hydrogens is 222 g/mol. The smallest absolute Gasteiger partial charge is 0.339 e. The molecule has 0 amide bonds. The highest BCUT2D eigenvalue weighted by atomic mass is 16.5. The van der Waals surface area contributed by atoms with E-state index in [4.69, 9.17) is 14.3 Å². The largest absolute Gasteiger partial charge is 0.478 e. The van der Waals surface area contributed by atoms with E-state index in [9.17, 15) is 4.79 Å². The van der Waals surface area contributed by atoms with Crippen LogP contribution in [0, 0.1) is 5.92 Å². The molecule has 1 fully saturated rings. The van der Waals surface area contributed by atoms with Gasteiger partial charge in [0, 0.05) is 0 Å². The summed E-state index contributed by atoms with van der Waals surface area (Å²) in [6.07, 6.45) is 3.61. The van der Waals surface area contributed by atoms with Gasteiger partial charge in [-0.15, -0.1) is 0 Å². The van der Waals surface area contributed by atoms with E-state index >= 15 is 0 Å². The van der Waals surface area contributed by atoms with Crippen LogP contribution in [0.5, 0.6) is 0 Å². The molecule has 1 aromatic heterocycles. The molecule has 5 heteroatoms. The molecule has 1 aromatic rings. The fourth-order valence-electron chi connectivity index (χ4n) is 2.01. The highest BCUT2D eigenvalue weighted by Crippen LogP contribution is 2.15. The molecule has 0 atom stereocenters. The number of nitrogens with one attached hydrogen (secondary N) is 1. The van der Waals surface area contributed by atoms with Crippen LogP contribution in [0.4, 0.5) is 0 Å². The van der Waals surface area contributed by atoms with Gasteiger partial charge < -0.3 is 19.6 Å². The second-order valence-electron chi connectivity index (χ2n) is 4.27. The van der Waals surface area contributed by atoms with Crippen molar-refractivity contribution in [1.82, 2.24) is 5.32 Å².